The first-order valence-electron chi connectivity index (χ1n) is 3.54. The molecule has 3 N–H and O–H groups in total. The Labute approximate surface area is 64.7 Å². The second-order valence-corrected chi connectivity index (χ2v) is 2.45. The molecule has 64 valence electrons. The predicted molar refractivity (Wildman–Crippen MR) is 38.0 cm³/mol. The standard InChI is InChI=1S/C6H12N2O3/c7-3-5(9)4-8-1-2-11-6(8)10/h5,9H,1-4,7H2. The van der Waals surface area contributed by atoms with E-state index >= 15 is 0 Å². The van der Waals surface area contributed by atoms with Crippen LogP contribution in [0, 0.1) is 0 Å². The van der Waals surface area contributed by atoms with Crippen LogP contribution in [0.2, 0.25) is 0 Å². The summed E-state index contributed by atoms with van der Waals surface area (Å²) in [4.78, 5) is 12.2. The molecule has 0 bridgehead atoms. The van der Waals surface area contributed by atoms with E-state index in [1.165, 1.54) is 4.90 Å². The summed E-state index contributed by atoms with van der Waals surface area (Å²) in [6.45, 7) is 1.41. The molecule has 1 aliphatic rings. The number of aliphatic hydroxyl groups is 1. The molecule has 1 atom stereocenters. The monoisotopic (exact) mass is 160 g/mol. The van der Waals surface area contributed by atoms with Gasteiger partial charge in [0, 0.05) is 6.54 Å². The third-order valence-corrected chi connectivity index (χ3v) is 1.55. The topological polar surface area (TPSA) is 75.8 Å². The lowest BCUT2D eigenvalue weighted by Crippen LogP contribution is -2.36. The number of carbonyl (C=O) groups is 1. The molecular formula is C6H12N2O3. The Morgan fingerprint density at radius 1 is 1.82 bits per heavy atom. The second-order valence-electron chi connectivity index (χ2n) is 2.45. The van der Waals surface area contributed by atoms with Crippen molar-refractivity contribution in [2.75, 3.05) is 26.2 Å². The average molecular weight is 160 g/mol. The van der Waals surface area contributed by atoms with Crippen molar-refractivity contribution in [3.05, 3.63) is 0 Å². The summed E-state index contributed by atoms with van der Waals surface area (Å²) in [7, 11) is 0. The Bertz CT molecular complexity index is 151. The van der Waals surface area contributed by atoms with Crippen LogP contribution in [-0.2, 0) is 4.74 Å². The van der Waals surface area contributed by atoms with Crippen molar-refractivity contribution in [1.29, 1.82) is 0 Å². The normalized spacial score (nSPS) is 20.2. The van der Waals surface area contributed by atoms with E-state index < -0.39 is 6.10 Å². The Hall–Kier alpha value is -0.810. The quantitative estimate of drug-likeness (QED) is 0.541. The molecule has 0 saturated carbocycles. The number of aliphatic hydroxyl groups excluding tert-OH is 1. The Morgan fingerprint density at radius 3 is 3.00 bits per heavy atom. The highest BCUT2D eigenvalue weighted by molar-refractivity contribution is 5.69. The van der Waals surface area contributed by atoms with Crippen molar-refractivity contribution in [3.8, 4) is 0 Å². The molecule has 11 heavy (non-hydrogen) atoms. The van der Waals surface area contributed by atoms with Gasteiger partial charge in [0.1, 0.15) is 6.61 Å². The summed E-state index contributed by atoms with van der Waals surface area (Å²) < 4.78 is 4.65. The van der Waals surface area contributed by atoms with Crippen molar-refractivity contribution in [3.63, 3.8) is 0 Å². The minimum absolute atomic E-state index is 0.170. The second kappa shape index (κ2) is 3.54. The molecule has 1 fully saturated rings. The molecule has 1 amide bonds. The maximum absolute atomic E-state index is 10.8. The minimum atomic E-state index is -0.638. The van der Waals surface area contributed by atoms with Crippen LogP contribution in [0.4, 0.5) is 4.79 Å². The molecule has 0 aliphatic carbocycles. The first-order valence-corrected chi connectivity index (χ1v) is 3.54. The van der Waals surface area contributed by atoms with E-state index in [4.69, 9.17) is 10.8 Å². The number of hydrogen-bond donors (Lipinski definition) is 2. The highest BCUT2D eigenvalue weighted by atomic mass is 16.6. The number of β-amino-alcohol motifs (C(OH)–C–C–N with tert-alkyl or cyclic N) is 1. The van der Waals surface area contributed by atoms with E-state index in [1.54, 1.807) is 0 Å². The van der Waals surface area contributed by atoms with Gasteiger partial charge in [0.2, 0.25) is 0 Å². The van der Waals surface area contributed by atoms with Gasteiger partial charge in [-0.2, -0.15) is 0 Å². The van der Waals surface area contributed by atoms with Crippen molar-refractivity contribution in [2.45, 2.75) is 6.10 Å². The van der Waals surface area contributed by atoms with Gasteiger partial charge in [0.25, 0.3) is 0 Å². The lowest BCUT2D eigenvalue weighted by atomic mass is 10.3. The third kappa shape index (κ3) is 2.06. The van der Waals surface area contributed by atoms with Crippen LogP contribution in [-0.4, -0.2) is 48.4 Å². The average Bonchev–Trinajstić information content (AvgIpc) is 2.37. The van der Waals surface area contributed by atoms with Crippen LogP contribution in [0.3, 0.4) is 0 Å². The molecule has 1 aliphatic heterocycles. The molecule has 1 unspecified atom stereocenters. The van der Waals surface area contributed by atoms with Gasteiger partial charge in [-0.25, -0.2) is 4.79 Å². The van der Waals surface area contributed by atoms with Crippen LogP contribution in [0.25, 0.3) is 0 Å². The van der Waals surface area contributed by atoms with Gasteiger partial charge in [-0.05, 0) is 0 Å². The first kappa shape index (κ1) is 8.29. The van der Waals surface area contributed by atoms with E-state index in [-0.39, 0.29) is 19.2 Å². The summed E-state index contributed by atoms with van der Waals surface area (Å²) in [5, 5.41) is 9.06. The fraction of sp³-hybridized carbons (Fsp3) is 0.833. The largest absolute Gasteiger partial charge is 0.448 e. The van der Waals surface area contributed by atoms with Crippen LogP contribution >= 0.6 is 0 Å². The number of nitrogens with two attached hydrogens (primary N) is 1. The minimum Gasteiger partial charge on any atom is -0.448 e. The van der Waals surface area contributed by atoms with Gasteiger partial charge in [-0.1, -0.05) is 0 Å². The molecule has 5 heteroatoms. The summed E-state index contributed by atoms with van der Waals surface area (Å²) in [5.41, 5.74) is 5.17. The summed E-state index contributed by atoms with van der Waals surface area (Å²) >= 11 is 0. The molecule has 0 radical (unpaired) electrons. The smallest absolute Gasteiger partial charge is 0.410 e. The zero-order valence-corrected chi connectivity index (χ0v) is 6.19. The lowest BCUT2D eigenvalue weighted by Gasteiger charge is -2.15. The number of cyclic esters (lactones) is 1. The van der Waals surface area contributed by atoms with Crippen LogP contribution in [0.15, 0.2) is 0 Å². The number of hydrogen-bond acceptors (Lipinski definition) is 4. The van der Waals surface area contributed by atoms with Gasteiger partial charge >= 0.3 is 6.09 Å². The van der Waals surface area contributed by atoms with E-state index in [2.05, 4.69) is 4.74 Å². The third-order valence-electron chi connectivity index (χ3n) is 1.55. The molecule has 1 rings (SSSR count). The maximum Gasteiger partial charge on any atom is 0.410 e. The van der Waals surface area contributed by atoms with Crippen molar-refractivity contribution >= 4 is 6.09 Å². The number of rotatable bonds is 3. The Morgan fingerprint density at radius 2 is 2.55 bits per heavy atom. The number of carbonyl (C=O) groups excluding carboxylic acids is 1. The van der Waals surface area contributed by atoms with Gasteiger partial charge in [-0.15, -0.1) is 0 Å². The van der Waals surface area contributed by atoms with Crippen molar-refractivity contribution in [1.82, 2.24) is 4.90 Å². The fourth-order valence-electron chi connectivity index (χ4n) is 0.920. The van der Waals surface area contributed by atoms with Gasteiger partial charge in [0.15, 0.2) is 0 Å². The van der Waals surface area contributed by atoms with Crippen LogP contribution < -0.4 is 5.73 Å². The zero-order valence-electron chi connectivity index (χ0n) is 6.19. The van der Waals surface area contributed by atoms with E-state index in [1.807, 2.05) is 0 Å². The van der Waals surface area contributed by atoms with Crippen LogP contribution in [0.1, 0.15) is 0 Å². The van der Waals surface area contributed by atoms with Crippen molar-refractivity contribution in [2.24, 2.45) is 5.73 Å². The van der Waals surface area contributed by atoms with Gasteiger partial charge in [-0.3, -0.25) is 0 Å². The van der Waals surface area contributed by atoms with E-state index in [0.717, 1.165) is 0 Å². The predicted octanol–water partition coefficient (Wildman–Crippen LogP) is -1.24. The molecule has 5 nitrogen and oxygen atoms in total. The summed E-state index contributed by atoms with van der Waals surface area (Å²) in [5.74, 6) is 0. The summed E-state index contributed by atoms with van der Waals surface area (Å²) in [6.07, 6.45) is -1.00. The van der Waals surface area contributed by atoms with Gasteiger partial charge < -0.3 is 20.5 Å². The fourth-order valence-corrected chi connectivity index (χ4v) is 0.920. The Balaban J connectivity index is 2.30. The summed E-state index contributed by atoms with van der Waals surface area (Å²) in [6, 6.07) is 0. The van der Waals surface area contributed by atoms with Crippen molar-refractivity contribution < 1.29 is 14.6 Å². The van der Waals surface area contributed by atoms with Gasteiger partial charge in [0.05, 0.1) is 19.2 Å². The molecule has 0 spiro atoms. The molecule has 0 aromatic rings. The number of ether oxygens (including phenoxy) is 1. The highest BCUT2D eigenvalue weighted by Gasteiger charge is 2.23. The van der Waals surface area contributed by atoms with E-state index in [0.29, 0.717) is 13.2 Å². The highest BCUT2D eigenvalue weighted by Crippen LogP contribution is 2.03. The maximum atomic E-state index is 10.8. The molecule has 1 heterocycles. The molecule has 1 saturated heterocycles. The lowest BCUT2D eigenvalue weighted by molar-refractivity contribution is 0.122. The molecule has 0 aromatic heterocycles. The molecular weight excluding hydrogens is 148 g/mol. The van der Waals surface area contributed by atoms with E-state index in [9.17, 15) is 4.79 Å². The number of nitrogens with zero attached hydrogens (tertiary/aromatic N) is 1. The number of amides is 1. The van der Waals surface area contributed by atoms with Crippen LogP contribution in [0.5, 0.6) is 0 Å². The SMILES string of the molecule is NCC(O)CN1CCOC1=O. The zero-order chi connectivity index (χ0) is 8.27. The molecule has 0 aromatic carbocycles. The first-order chi connectivity index (χ1) is 5.24. The Kier molecular flexibility index (Phi) is 2.67.